The summed E-state index contributed by atoms with van der Waals surface area (Å²) in [4.78, 5) is 31.7. The third kappa shape index (κ3) is 4.83. The molecule has 8 heteroatoms. The van der Waals surface area contributed by atoms with Gasteiger partial charge < -0.3 is 14.2 Å². The molecular weight excluding hydrogens is 464 g/mol. The summed E-state index contributed by atoms with van der Waals surface area (Å²) in [6.45, 7) is 3.71. The quantitative estimate of drug-likeness (QED) is 0.474. The summed E-state index contributed by atoms with van der Waals surface area (Å²) < 4.78 is 18.2. The van der Waals surface area contributed by atoms with E-state index in [0.717, 1.165) is 5.56 Å². The maximum Gasteiger partial charge on any atom is 0.338 e. The largest absolute Gasteiger partial charge is 0.493 e. The van der Waals surface area contributed by atoms with Crippen molar-refractivity contribution in [1.29, 1.82) is 0 Å². The van der Waals surface area contributed by atoms with Gasteiger partial charge in [-0.3, -0.25) is 9.36 Å². The molecule has 0 unspecified atom stereocenters. The van der Waals surface area contributed by atoms with E-state index >= 15 is 0 Å². The minimum atomic E-state index is -0.717. The Hall–Kier alpha value is -3.91. The van der Waals surface area contributed by atoms with Crippen molar-refractivity contribution in [2.24, 2.45) is 4.99 Å². The van der Waals surface area contributed by atoms with Gasteiger partial charge in [-0.05, 0) is 43.2 Å². The Morgan fingerprint density at radius 1 is 1.11 bits per heavy atom. The van der Waals surface area contributed by atoms with Crippen LogP contribution in [0.2, 0.25) is 0 Å². The van der Waals surface area contributed by atoms with Crippen LogP contribution in [0.4, 0.5) is 0 Å². The van der Waals surface area contributed by atoms with Crippen LogP contribution >= 0.6 is 11.3 Å². The average molecular weight is 491 g/mol. The van der Waals surface area contributed by atoms with E-state index in [1.165, 1.54) is 11.3 Å². The Balaban J connectivity index is 1.89. The highest BCUT2D eigenvalue weighted by molar-refractivity contribution is 7.07. The topological polar surface area (TPSA) is 79.1 Å². The third-order valence-electron chi connectivity index (χ3n) is 5.58. The monoisotopic (exact) mass is 490 g/mol. The summed E-state index contributed by atoms with van der Waals surface area (Å²) >= 11 is 1.28. The van der Waals surface area contributed by atoms with E-state index in [1.807, 2.05) is 48.6 Å². The zero-order valence-corrected chi connectivity index (χ0v) is 20.8. The van der Waals surface area contributed by atoms with Crippen molar-refractivity contribution in [2.75, 3.05) is 20.8 Å². The van der Waals surface area contributed by atoms with E-state index in [-0.39, 0.29) is 12.2 Å². The highest BCUT2D eigenvalue weighted by atomic mass is 32.1. The molecule has 7 nitrogen and oxygen atoms in total. The van der Waals surface area contributed by atoms with Gasteiger partial charge in [-0.2, -0.15) is 0 Å². The lowest BCUT2D eigenvalue weighted by molar-refractivity contribution is -0.139. The van der Waals surface area contributed by atoms with Crippen LogP contribution in [0.5, 0.6) is 11.5 Å². The summed E-state index contributed by atoms with van der Waals surface area (Å²) in [7, 11) is 3.09. The van der Waals surface area contributed by atoms with Crippen molar-refractivity contribution in [1.82, 2.24) is 4.57 Å². The zero-order chi connectivity index (χ0) is 24.9. The van der Waals surface area contributed by atoms with Crippen LogP contribution in [-0.2, 0) is 9.53 Å². The number of benzene rings is 2. The zero-order valence-electron chi connectivity index (χ0n) is 20.0. The van der Waals surface area contributed by atoms with Gasteiger partial charge in [0.05, 0.1) is 42.7 Å². The second-order valence-electron chi connectivity index (χ2n) is 7.71. The first-order chi connectivity index (χ1) is 17.0. The molecule has 2 heterocycles. The number of allylic oxidation sites excluding steroid dienone is 2. The Morgan fingerprint density at radius 3 is 2.54 bits per heavy atom. The van der Waals surface area contributed by atoms with Crippen molar-refractivity contribution in [2.45, 2.75) is 19.9 Å². The lowest BCUT2D eigenvalue weighted by atomic mass is 9.95. The Labute approximate surface area is 206 Å². The molecule has 1 atom stereocenters. The number of hydrogen-bond acceptors (Lipinski definition) is 7. The van der Waals surface area contributed by atoms with Crippen LogP contribution in [0.3, 0.4) is 0 Å². The molecule has 0 amide bonds. The number of nitrogens with zero attached hydrogens (tertiary/aromatic N) is 2. The number of hydrogen-bond donors (Lipinski definition) is 0. The van der Waals surface area contributed by atoms with E-state index in [1.54, 1.807) is 50.8 Å². The number of methoxy groups -OCH3 is 2. The van der Waals surface area contributed by atoms with Crippen LogP contribution in [0, 0.1) is 0 Å². The van der Waals surface area contributed by atoms with Crippen molar-refractivity contribution < 1.29 is 19.0 Å². The SMILES string of the molecule is CCOC(=O)C1=C(C)N=c2s/c(=C\C=C\c3ccccc3)c(=O)n2[C@@H]1c1ccc(OC)c(OC)c1. The van der Waals surface area contributed by atoms with Gasteiger partial charge in [-0.25, -0.2) is 9.79 Å². The molecule has 0 spiro atoms. The predicted octanol–water partition coefficient (Wildman–Crippen LogP) is 3.48. The fourth-order valence-electron chi connectivity index (χ4n) is 3.95. The molecule has 180 valence electrons. The molecule has 0 saturated heterocycles. The normalized spacial score (nSPS) is 15.7. The molecule has 3 aromatic rings. The van der Waals surface area contributed by atoms with E-state index in [0.29, 0.717) is 37.7 Å². The van der Waals surface area contributed by atoms with Gasteiger partial charge in [0.15, 0.2) is 16.3 Å². The van der Waals surface area contributed by atoms with E-state index < -0.39 is 12.0 Å². The van der Waals surface area contributed by atoms with Crippen LogP contribution in [0.15, 0.2) is 75.7 Å². The van der Waals surface area contributed by atoms with E-state index in [2.05, 4.69) is 4.99 Å². The Kier molecular flexibility index (Phi) is 7.31. The number of fused-ring (bicyclic) bond motifs is 1. The van der Waals surface area contributed by atoms with Crippen molar-refractivity contribution in [3.8, 4) is 11.5 Å². The molecule has 1 aliphatic rings. The number of thiazole rings is 1. The maximum atomic E-state index is 13.6. The number of aromatic nitrogens is 1. The van der Waals surface area contributed by atoms with Crippen molar-refractivity contribution in [3.05, 3.63) is 96.7 Å². The summed E-state index contributed by atoms with van der Waals surface area (Å²) in [6, 6.07) is 14.5. The average Bonchev–Trinajstić information content (AvgIpc) is 3.18. The van der Waals surface area contributed by atoms with Crippen LogP contribution in [0.25, 0.3) is 12.2 Å². The second kappa shape index (κ2) is 10.6. The van der Waals surface area contributed by atoms with E-state index in [4.69, 9.17) is 14.2 Å². The van der Waals surface area contributed by atoms with Gasteiger partial charge in [0, 0.05) is 0 Å². The molecule has 0 fully saturated rings. The van der Waals surface area contributed by atoms with Crippen molar-refractivity contribution in [3.63, 3.8) is 0 Å². The fourth-order valence-corrected chi connectivity index (χ4v) is 4.95. The third-order valence-corrected chi connectivity index (χ3v) is 6.58. The van der Waals surface area contributed by atoms with Gasteiger partial charge in [-0.1, -0.05) is 59.9 Å². The lowest BCUT2D eigenvalue weighted by Crippen LogP contribution is -2.39. The summed E-state index contributed by atoms with van der Waals surface area (Å²) in [5, 5.41) is 0. The first-order valence-corrected chi connectivity index (χ1v) is 11.9. The molecule has 2 aromatic carbocycles. The van der Waals surface area contributed by atoms with Gasteiger partial charge in [0.25, 0.3) is 5.56 Å². The molecule has 1 aliphatic heterocycles. The molecule has 1 aromatic heterocycles. The van der Waals surface area contributed by atoms with Crippen LogP contribution in [0.1, 0.15) is 31.0 Å². The summed E-state index contributed by atoms with van der Waals surface area (Å²) in [6.07, 6.45) is 5.54. The highest BCUT2D eigenvalue weighted by Crippen LogP contribution is 2.36. The first kappa shape index (κ1) is 24.2. The second-order valence-corrected chi connectivity index (χ2v) is 8.72. The van der Waals surface area contributed by atoms with Gasteiger partial charge in [0.2, 0.25) is 0 Å². The number of carbonyl (C=O) groups excluding carboxylic acids is 1. The molecule has 35 heavy (non-hydrogen) atoms. The van der Waals surface area contributed by atoms with Gasteiger partial charge in [0.1, 0.15) is 0 Å². The summed E-state index contributed by atoms with van der Waals surface area (Å²) in [5.41, 5.74) is 2.31. The molecule has 0 N–H and O–H groups in total. The Morgan fingerprint density at radius 2 is 1.86 bits per heavy atom. The van der Waals surface area contributed by atoms with Gasteiger partial charge >= 0.3 is 5.97 Å². The smallest absolute Gasteiger partial charge is 0.338 e. The first-order valence-electron chi connectivity index (χ1n) is 11.1. The molecule has 4 rings (SSSR count). The van der Waals surface area contributed by atoms with Crippen LogP contribution in [-0.4, -0.2) is 31.4 Å². The van der Waals surface area contributed by atoms with E-state index in [9.17, 15) is 9.59 Å². The maximum absolute atomic E-state index is 13.6. The van der Waals surface area contributed by atoms with Gasteiger partial charge in [-0.15, -0.1) is 0 Å². The fraction of sp³-hybridized carbons (Fsp3) is 0.222. The predicted molar refractivity (Wildman–Crippen MR) is 136 cm³/mol. The lowest BCUT2D eigenvalue weighted by Gasteiger charge is -2.25. The molecule has 0 aliphatic carbocycles. The number of carbonyl (C=O) groups is 1. The summed E-state index contributed by atoms with van der Waals surface area (Å²) in [5.74, 6) is 0.538. The molecule has 0 radical (unpaired) electrons. The molecule has 0 bridgehead atoms. The number of rotatable bonds is 7. The Bertz CT molecular complexity index is 1480. The minimum absolute atomic E-state index is 0.211. The number of esters is 1. The highest BCUT2D eigenvalue weighted by Gasteiger charge is 2.33. The van der Waals surface area contributed by atoms with Crippen LogP contribution < -0.4 is 24.4 Å². The van der Waals surface area contributed by atoms with Crippen molar-refractivity contribution >= 4 is 29.5 Å². The number of ether oxygens (including phenoxy) is 3. The molecule has 0 saturated carbocycles. The molecular formula is C27H26N2O5S. The standard InChI is InChI=1S/C27H26N2O5S/c1-5-34-26(31)23-17(2)28-27-29(24(23)19-14-15-20(32-3)21(16-19)33-4)25(30)22(35-27)13-9-12-18-10-7-6-8-11-18/h6-16,24H,5H2,1-4H3/b12-9+,22-13-/t24-/m1/s1. The minimum Gasteiger partial charge on any atom is -0.493 e.